The van der Waals surface area contributed by atoms with E-state index in [4.69, 9.17) is 9.78 Å². The number of para-hydroxylation sites is 1. The molecule has 4 nitrogen and oxygen atoms in total. The molecule has 0 atom stereocenters. The zero-order valence-electron chi connectivity index (χ0n) is 9.87. The molecule has 2 aromatic carbocycles. The summed E-state index contributed by atoms with van der Waals surface area (Å²) in [5, 5.41) is 4.16. The van der Waals surface area contributed by atoms with E-state index in [1.165, 1.54) is 11.5 Å². The van der Waals surface area contributed by atoms with Crippen molar-refractivity contribution in [2.75, 3.05) is 0 Å². The average Bonchev–Trinajstić information content (AvgIpc) is 2.95. The first-order valence-electron chi connectivity index (χ1n) is 5.91. The molecule has 5 heteroatoms. The molecule has 19 heavy (non-hydrogen) atoms. The van der Waals surface area contributed by atoms with E-state index in [1.807, 2.05) is 42.5 Å². The maximum absolute atomic E-state index is 5.42. The Morgan fingerprint density at radius 2 is 1.95 bits per heavy atom. The second-order valence-electron chi connectivity index (χ2n) is 4.30. The summed E-state index contributed by atoms with van der Waals surface area (Å²) >= 11 is 1.38. The zero-order valence-corrected chi connectivity index (χ0v) is 10.7. The molecular weight excluding hydrogens is 260 g/mol. The number of fused-ring (bicyclic) bond motifs is 2. The first kappa shape index (κ1) is 10.9. The Morgan fingerprint density at radius 3 is 2.95 bits per heavy atom. The van der Waals surface area contributed by atoms with Crippen LogP contribution < -0.4 is 4.89 Å². The van der Waals surface area contributed by atoms with Gasteiger partial charge in [0.15, 0.2) is 11.9 Å². The maximum Gasteiger partial charge on any atom is 0.184 e. The topological polar surface area (TPSA) is 44.2 Å². The van der Waals surface area contributed by atoms with Crippen molar-refractivity contribution in [2.45, 2.75) is 6.42 Å². The molecule has 93 valence electrons. The largest absolute Gasteiger partial charge is 0.336 e. The lowest BCUT2D eigenvalue weighted by molar-refractivity contribution is -0.201. The molecule has 0 saturated carbocycles. The summed E-state index contributed by atoms with van der Waals surface area (Å²) in [4.78, 5) is 10.8. The lowest BCUT2D eigenvalue weighted by atomic mass is 9.99. The summed E-state index contributed by atoms with van der Waals surface area (Å²) < 4.78 is 5.03. The molecule has 0 unspecified atom stereocenters. The van der Waals surface area contributed by atoms with E-state index in [2.05, 4.69) is 9.59 Å². The molecule has 0 amide bonds. The van der Waals surface area contributed by atoms with Crippen LogP contribution in [0.5, 0.6) is 5.75 Å². The Balaban J connectivity index is 1.77. The Kier molecular flexibility index (Phi) is 2.46. The Morgan fingerprint density at radius 1 is 1.00 bits per heavy atom. The van der Waals surface area contributed by atoms with Gasteiger partial charge in [-0.1, -0.05) is 34.8 Å². The second kappa shape index (κ2) is 4.29. The van der Waals surface area contributed by atoms with E-state index in [-0.39, 0.29) is 0 Å². The number of hydrogen-bond donors (Lipinski definition) is 0. The quantitative estimate of drug-likeness (QED) is 0.637. The smallest absolute Gasteiger partial charge is 0.184 e. The third kappa shape index (κ3) is 1.78. The molecular formula is C14H9N2O2S. The minimum Gasteiger partial charge on any atom is -0.336 e. The third-order valence-electron chi connectivity index (χ3n) is 3.14. The van der Waals surface area contributed by atoms with Crippen molar-refractivity contribution in [2.24, 2.45) is 0 Å². The normalized spacial score (nSPS) is 15.2. The Hall–Kier alpha value is -1.98. The highest BCUT2D eigenvalue weighted by Crippen LogP contribution is 2.35. The molecule has 0 bridgehead atoms. The highest BCUT2D eigenvalue weighted by Gasteiger charge is 2.26. The van der Waals surface area contributed by atoms with Gasteiger partial charge in [-0.15, -0.1) is 5.10 Å². The molecule has 0 N–H and O–H groups in total. The van der Waals surface area contributed by atoms with Crippen LogP contribution in [0.15, 0.2) is 42.5 Å². The number of rotatable bonds is 1. The van der Waals surface area contributed by atoms with E-state index in [0.29, 0.717) is 6.42 Å². The van der Waals surface area contributed by atoms with Crippen molar-refractivity contribution >= 4 is 21.7 Å². The third-order valence-corrected chi connectivity index (χ3v) is 3.82. The monoisotopic (exact) mass is 269 g/mol. The molecule has 0 spiro atoms. The zero-order chi connectivity index (χ0) is 12.7. The first-order valence-corrected chi connectivity index (χ1v) is 6.69. The van der Waals surface area contributed by atoms with E-state index in [0.717, 1.165) is 33.2 Å². The summed E-state index contributed by atoms with van der Waals surface area (Å²) in [6, 6.07) is 13.8. The van der Waals surface area contributed by atoms with Gasteiger partial charge in [-0.3, -0.25) is 0 Å². The highest BCUT2D eigenvalue weighted by molar-refractivity contribution is 7.12. The van der Waals surface area contributed by atoms with Gasteiger partial charge >= 0.3 is 0 Å². The van der Waals surface area contributed by atoms with E-state index < -0.39 is 0 Å². The van der Waals surface area contributed by atoms with Gasteiger partial charge < -0.3 is 4.89 Å². The van der Waals surface area contributed by atoms with E-state index in [1.54, 1.807) is 0 Å². The number of benzene rings is 2. The van der Waals surface area contributed by atoms with Crippen LogP contribution in [0, 0.1) is 6.10 Å². The van der Waals surface area contributed by atoms with Gasteiger partial charge in [0.2, 0.25) is 0 Å². The summed E-state index contributed by atoms with van der Waals surface area (Å²) in [5.41, 5.74) is 2.93. The van der Waals surface area contributed by atoms with Crippen LogP contribution in [0.3, 0.4) is 0 Å². The minimum absolute atomic E-state index is 0.701. The Bertz CT molecular complexity index is 741. The molecule has 2 heterocycles. The number of aromatic nitrogens is 2. The van der Waals surface area contributed by atoms with Crippen LogP contribution in [0.1, 0.15) is 11.1 Å². The molecule has 1 aliphatic rings. The fourth-order valence-electron chi connectivity index (χ4n) is 2.20. The van der Waals surface area contributed by atoms with Gasteiger partial charge in [0.05, 0.1) is 4.70 Å². The van der Waals surface area contributed by atoms with Crippen LogP contribution in [0.25, 0.3) is 10.2 Å². The van der Waals surface area contributed by atoms with E-state index in [9.17, 15) is 0 Å². The molecule has 0 saturated heterocycles. The lowest BCUT2D eigenvalue weighted by Crippen LogP contribution is -2.17. The van der Waals surface area contributed by atoms with Gasteiger partial charge in [0, 0.05) is 17.5 Å². The van der Waals surface area contributed by atoms with Gasteiger partial charge in [-0.25, -0.2) is 0 Å². The van der Waals surface area contributed by atoms with E-state index >= 15 is 0 Å². The molecule has 1 aliphatic heterocycles. The van der Waals surface area contributed by atoms with Gasteiger partial charge in [-0.05, 0) is 23.7 Å². The molecule has 0 fully saturated rings. The van der Waals surface area contributed by atoms with Crippen molar-refractivity contribution < 1.29 is 9.78 Å². The van der Waals surface area contributed by atoms with Crippen molar-refractivity contribution in [3.05, 3.63) is 59.7 Å². The molecule has 3 aromatic rings. The summed E-state index contributed by atoms with van der Waals surface area (Å²) in [6.07, 6.45) is 1.48. The van der Waals surface area contributed by atoms with Gasteiger partial charge in [0.1, 0.15) is 5.52 Å². The minimum atomic E-state index is 0.701. The molecule has 0 aliphatic carbocycles. The maximum atomic E-state index is 5.42. The van der Waals surface area contributed by atoms with Crippen molar-refractivity contribution in [3.63, 3.8) is 0 Å². The Labute approximate surface area is 113 Å². The predicted molar refractivity (Wildman–Crippen MR) is 71.6 cm³/mol. The summed E-state index contributed by atoms with van der Waals surface area (Å²) in [6.45, 7) is 0. The molecule has 1 radical (unpaired) electrons. The number of hydrogen-bond acceptors (Lipinski definition) is 5. The van der Waals surface area contributed by atoms with Gasteiger partial charge in [0.25, 0.3) is 0 Å². The van der Waals surface area contributed by atoms with Crippen LogP contribution in [-0.4, -0.2) is 9.59 Å². The first-order chi connectivity index (χ1) is 9.42. The van der Waals surface area contributed by atoms with Crippen molar-refractivity contribution in [1.82, 2.24) is 9.59 Å². The summed E-state index contributed by atoms with van der Waals surface area (Å²) in [7, 11) is 0. The fraction of sp³-hybridized carbons (Fsp3) is 0.0714. The average molecular weight is 269 g/mol. The van der Waals surface area contributed by atoms with Gasteiger partial charge in [-0.2, -0.15) is 4.89 Å². The number of nitrogens with zero attached hydrogens (tertiary/aromatic N) is 2. The molecule has 1 aromatic heterocycles. The van der Waals surface area contributed by atoms with Crippen LogP contribution in [0.4, 0.5) is 0 Å². The standard InChI is InChI=1S/C14H9N2O2S/c1-2-6-11-9(4-1)8-12(18-17-11)10-5-3-7-13-14(10)15-16-19-13/h1-7H,8H2. The van der Waals surface area contributed by atoms with Crippen molar-refractivity contribution in [3.8, 4) is 5.75 Å². The van der Waals surface area contributed by atoms with Crippen LogP contribution in [-0.2, 0) is 11.3 Å². The van der Waals surface area contributed by atoms with Crippen LogP contribution >= 0.6 is 11.5 Å². The summed E-state index contributed by atoms with van der Waals surface area (Å²) in [5.74, 6) is 0.773. The molecule has 4 rings (SSSR count). The SMILES string of the molecule is c1ccc2c(c1)C[C](c1cccc3snnc13)OO2. The predicted octanol–water partition coefficient (Wildman–Crippen LogP) is 3.14. The van der Waals surface area contributed by atoms with Crippen LogP contribution in [0.2, 0.25) is 0 Å². The fourth-order valence-corrected chi connectivity index (χ4v) is 2.79. The lowest BCUT2D eigenvalue weighted by Gasteiger charge is -2.22. The highest BCUT2D eigenvalue weighted by atomic mass is 32.1. The van der Waals surface area contributed by atoms with Crippen molar-refractivity contribution in [1.29, 1.82) is 0 Å². The second-order valence-corrected chi connectivity index (χ2v) is 5.09.